The van der Waals surface area contributed by atoms with Gasteiger partial charge in [0, 0.05) is 6.08 Å². The van der Waals surface area contributed by atoms with Crippen molar-refractivity contribution in [1.82, 2.24) is 4.98 Å². The number of aliphatic hydroxyl groups excluding tert-OH is 1. The summed E-state index contributed by atoms with van der Waals surface area (Å²) in [4.78, 5) is 4.32. The lowest BCUT2D eigenvalue weighted by Gasteiger charge is -2.18. The van der Waals surface area contributed by atoms with Crippen LogP contribution in [0.25, 0.3) is 17.2 Å². The highest BCUT2D eigenvalue weighted by Crippen LogP contribution is 2.26. The molecular formula is C14H17NO2. The lowest BCUT2D eigenvalue weighted by molar-refractivity contribution is 0.417. The van der Waals surface area contributed by atoms with Crippen LogP contribution >= 0.6 is 0 Å². The number of oxazole rings is 1. The third kappa shape index (κ3) is 2.49. The molecule has 2 aromatic rings. The minimum atomic E-state index is 0.0933. The summed E-state index contributed by atoms with van der Waals surface area (Å²) in [5.74, 6) is 0.624. The summed E-state index contributed by atoms with van der Waals surface area (Å²) in [5, 5.41) is 9.18. The molecule has 0 bridgehead atoms. The van der Waals surface area contributed by atoms with Gasteiger partial charge in [-0.15, -0.1) is 0 Å². The van der Waals surface area contributed by atoms with Crippen LogP contribution in [-0.4, -0.2) is 10.1 Å². The first kappa shape index (κ1) is 11.7. The average molecular weight is 231 g/mol. The van der Waals surface area contributed by atoms with Crippen molar-refractivity contribution in [1.29, 1.82) is 0 Å². The van der Waals surface area contributed by atoms with Crippen molar-refractivity contribution in [3.8, 4) is 0 Å². The SMILES string of the molecule is C/C(O)=C/c1nc2cc(C(C)(C)C)ccc2o1. The Morgan fingerprint density at radius 2 is 2.06 bits per heavy atom. The van der Waals surface area contributed by atoms with E-state index in [4.69, 9.17) is 4.42 Å². The lowest BCUT2D eigenvalue weighted by atomic mass is 9.87. The van der Waals surface area contributed by atoms with Crippen molar-refractivity contribution < 1.29 is 9.52 Å². The zero-order valence-corrected chi connectivity index (χ0v) is 10.6. The highest BCUT2D eigenvalue weighted by atomic mass is 16.3. The van der Waals surface area contributed by atoms with E-state index in [1.807, 2.05) is 18.2 Å². The summed E-state index contributed by atoms with van der Waals surface area (Å²) in [5.41, 5.74) is 2.88. The molecular weight excluding hydrogens is 214 g/mol. The molecule has 0 saturated heterocycles. The maximum absolute atomic E-state index is 9.18. The van der Waals surface area contributed by atoms with Crippen molar-refractivity contribution in [3.63, 3.8) is 0 Å². The molecule has 1 heterocycles. The lowest BCUT2D eigenvalue weighted by Crippen LogP contribution is -2.10. The van der Waals surface area contributed by atoms with Crippen molar-refractivity contribution in [2.45, 2.75) is 33.1 Å². The minimum absolute atomic E-state index is 0.0933. The average Bonchev–Trinajstić information content (AvgIpc) is 2.55. The van der Waals surface area contributed by atoms with Gasteiger partial charge in [0.1, 0.15) is 5.52 Å². The zero-order chi connectivity index (χ0) is 12.6. The Balaban J connectivity index is 2.52. The maximum Gasteiger partial charge on any atom is 0.223 e. The van der Waals surface area contributed by atoms with Gasteiger partial charge < -0.3 is 9.52 Å². The Kier molecular flexibility index (Phi) is 2.69. The second-order valence-corrected chi connectivity index (χ2v) is 5.27. The summed E-state index contributed by atoms with van der Waals surface area (Å²) in [7, 11) is 0. The smallest absolute Gasteiger partial charge is 0.223 e. The van der Waals surface area contributed by atoms with E-state index in [9.17, 15) is 5.11 Å². The molecule has 3 nitrogen and oxygen atoms in total. The van der Waals surface area contributed by atoms with E-state index in [1.54, 1.807) is 6.92 Å². The molecule has 3 heteroatoms. The molecule has 0 saturated carbocycles. The third-order valence-corrected chi connectivity index (χ3v) is 2.60. The summed E-state index contributed by atoms with van der Waals surface area (Å²) >= 11 is 0. The van der Waals surface area contributed by atoms with Gasteiger partial charge in [-0.3, -0.25) is 0 Å². The highest BCUT2D eigenvalue weighted by Gasteiger charge is 2.15. The molecule has 0 amide bonds. The number of aliphatic hydroxyl groups is 1. The molecule has 0 radical (unpaired) electrons. The summed E-state index contributed by atoms with van der Waals surface area (Å²) in [6, 6.07) is 6.00. The van der Waals surface area contributed by atoms with Crippen LogP contribution < -0.4 is 0 Å². The molecule has 1 N–H and O–H groups in total. The molecule has 90 valence electrons. The third-order valence-electron chi connectivity index (χ3n) is 2.60. The Morgan fingerprint density at radius 1 is 1.35 bits per heavy atom. The predicted octanol–water partition coefficient (Wildman–Crippen LogP) is 4.04. The van der Waals surface area contributed by atoms with E-state index >= 15 is 0 Å². The number of nitrogens with zero attached hydrogens (tertiary/aromatic N) is 1. The van der Waals surface area contributed by atoms with Crippen LogP contribution in [0.1, 0.15) is 39.1 Å². The molecule has 0 spiro atoms. The molecule has 1 aromatic heterocycles. The number of aromatic nitrogens is 1. The normalized spacial score (nSPS) is 13.3. The first-order chi connectivity index (χ1) is 7.86. The first-order valence-electron chi connectivity index (χ1n) is 5.64. The fourth-order valence-corrected chi connectivity index (χ4v) is 1.65. The number of benzene rings is 1. The summed E-state index contributed by atoms with van der Waals surface area (Å²) < 4.78 is 5.50. The van der Waals surface area contributed by atoms with E-state index in [-0.39, 0.29) is 11.2 Å². The van der Waals surface area contributed by atoms with E-state index in [2.05, 4.69) is 25.8 Å². The van der Waals surface area contributed by atoms with Crippen molar-refractivity contribution in [2.24, 2.45) is 0 Å². The Hall–Kier alpha value is -1.77. The topological polar surface area (TPSA) is 46.3 Å². The molecule has 0 unspecified atom stereocenters. The summed E-state index contributed by atoms with van der Waals surface area (Å²) in [6.07, 6.45) is 1.51. The largest absolute Gasteiger partial charge is 0.512 e. The molecule has 17 heavy (non-hydrogen) atoms. The van der Waals surface area contributed by atoms with Crippen LogP contribution in [0.3, 0.4) is 0 Å². The predicted molar refractivity (Wildman–Crippen MR) is 69.0 cm³/mol. The van der Waals surface area contributed by atoms with Gasteiger partial charge in [0.15, 0.2) is 5.58 Å². The van der Waals surface area contributed by atoms with Gasteiger partial charge in [-0.1, -0.05) is 26.8 Å². The van der Waals surface area contributed by atoms with E-state index < -0.39 is 0 Å². The van der Waals surface area contributed by atoms with Crippen molar-refractivity contribution >= 4 is 17.2 Å². The number of rotatable bonds is 1. The van der Waals surface area contributed by atoms with Gasteiger partial charge in [-0.2, -0.15) is 0 Å². The number of fused-ring (bicyclic) bond motifs is 1. The molecule has 0 atom stereocenters. The van der Waals surface area contributed by atoms with Gasteiger partial charge in [0.25, 0.3) is 0 Å². The fraction of sp³-hybridized carbons (Fsp3) is 0.357. The monoisotopic (exact) mass is 231 g/mol. The van der Waals surface area contributed by atoms with E-state index in [0.717, 1.165) is 11.1 Å². The molecule has 0 aliphatic carbocycles. The number of hydrogen-bond acceptors (Lipinski definition) is 3. The van der Waals surface area contributed by atoms with Crippen LogP contribution in [0.15, 0.2) is 28.4 Å². The maximum atomic E-state index is 9.18. The number of hydrogen-bond donors (Lipinski definition) is 1. The zero-order valence-electron chi connectivity index (χ0n) is 10.6. The standard InChI is InChI=1S/C14H17NO2/c1-9(16)7-13-15-11-8-10(14(2,3)4)5-6-12(11)17-13/h5-8,16H,1-4H3/b9-7-. The Morgan fingerprint density at radius 3 is 2.65 bits per heavy atom. The van der Waals surface area contributed by atoms with Gasteiger partial charge in [0.05, 0.1) is 5.76 Å². The van der Waals surface area contributed by atoms with Crippen molar-refractivity contribution in [3.05, 3.63) is 35.4 Å². The number of allylic oxidation sites excluding steroid dienone is 1. The van der Waals surface area contributed by atoms with Gasteiger partial charge in [0.2, 0.25) is 5.89 Å². The Labute approximate surface area is 101 Å². The second-order valence-electron chi connectivity index (χ2n) is 5.27. The summed E-state index contributed by atoms with van der Waals surface area (Å²) in [6.45, 7) is 8.07. The Bertz CT molecular complexity index is 569. The molecule has 0 aliphatic rings. The van der Waals surface area contributed by atoms with Crippen molar-refractivity contribution in [2.75, 3.05) is 0 Å². The highest BCUT2D eigenvalue weighted by molar-refractivity contribution is 5.75. The minimum Gasteiger partial charge on any atom is -0.512 e. The van der Waals surface area contributed by atoms with Gasteiger partial charge in [-0.25, -0.2) is 4.98 Å². The van der Waals surface area contributed by atoms with E-state index in [0.29, 0.717) is 5.89 Å². The van der Waals surface area contributed by atoms with Gasteiger partial charge in [-0.05, 0) is 30.0 Å². The second kappa shape index (κ2) is 3.91. The fourth-order valence-electron chi connectivity index (χ4n) is 1.65. The van der Waals surface area contributed by atoms with Crippen LogP contribution in [-0.2, 0) is 5.41 Å². The molecule has 1 aromatic carbocycles. The molecule has 0 aliphatic heterocycles. The molecule has 2 rings (SSSR count). The van der Waals surface area contributed by atoms with Crippen LogP contribution in [0.5, 0.6) is 0 Å². The van der Waals surface area contributed by atoms with Crippen LogP contribution in [0.4, 0.5) is 0 Å². The van der Waals surface area contributed by atoms with Crippen LogP contribution in [0, 0.1) is 0 Å². The quantitative estimate of drug-likeness (QED) is 0.753. The van der Waals surface area contributed by atoms with Gasteiger partial charge >= 0.3 is 0 Å². The van der Waals surface area contributed by atoms with E-state index in [1.165, 1.54) is 11.6 Å². The first-order valence-corrected chi connectivity index (χ1v) is 5.64. The molecule has 0 fully saturated rings. The van der Waals surface area contributed by atoms with Crippen LogP contribution in [0.2, 0.25) is 0 Å².